The second-order valence-corrected chi connectivity index (χ2v) is 7.11. The summed E-state index contributed by atoms with van der Waals surface area (Å²) in [6.07, 6.45) is 5.75. The van der Waals surface area contributed by atoms with Crippen LogP contribution < -0.4 is 4.90 Å². The topological polar surface area (TPSA) is 82.9 Å². The van der Waals surface area contributed by atoms with Gasteiger partial charge in [-0.05, 0) is 11.6 Å². The average molecular weight is 375 g/mol. The van der Waals surface area contributed by atoms with Crippen LogP contribution in [0.3, 0.4) is 0 Å². The molecular weight excluding hydrogens is 354 g/mol. The molecule has 1 aromatic carbocycles. The first-order chi connectivity index (χ1) is 13.7. The number of carbonyl (C=O) groups excluding carboxylic acids is 1. The zero-order valence-electron chi connectivity index (χ0n) is 15.7. The SMILES string of the molecule is Cn1ncc2c(N3CCN(C(=O)Cc4c[nH]c5ccccc45)CC3)ncnc21. The highest BCUT2D eigenvalue weighted by atomic mass is 16.2. The fourth-order valence-corrected chi connectivity index (χ4v) is 3.92. The number of anilines is 1. The first-order valence-electron chi connectivity index (χ1n) is 9.41. The van der Waals surface area contributed by atoms with E-state index < -0.39 is 0 Å². The Bertz CT molecular complexity index is 1150. The smallest absolute Gasteiger partial charge is 0.227 e. The average Bonchev–Trinajstić information content (AvgIpc) is 3.32. The van der Waals surface area contributed by atoms with Crippen LogP contribution in [0.2, 0.25) is 0 Å². The highest BCUT2D eigenvalue weighted by molar-refractivity contribution is 5.89. The number of piperazine rings is 1. The number of hydrogen-bond donors (Lipinski definition) is 1. The van der Waals surface area contributed by atoms with Crippen LogP contribution in [0.5, 0.6) is 0 Å². The van der Waals surface area contributed by atoms with Gasteiger partial charge in [-0.3, -0.25) is 9.48 Å². The Kier molecular flexibility index (Phi) is 3.96. The largest absolute Gasteiger partial charge is 0.361 e. The number of aromatic amines is 1. The number of hydrogen-bond acceptors (Lipinski definition) is 5. The van der Waals surface area contributed by atoms with Crippen molar-refractivity contribution in [3.63, 3.8) is 0 Å². The van der Waals surface area contributed by atoms with Crippen LogP contribution in [0.4, 0.5) is 5.82 Å². The lowest BCUT2D eigenvalue weighted by atomic mass is 10.1. The van der Waals surface area contributed by atoms with E-state index in [-0.39, 0.29) is 5.91 Å². The Balaban J connectivity index is 1.28. The van der Waals surface area contributed by atoms with Gasteiger partial charge in [0.05, 0.1) is 18.0 Å². The molecule has 0 aliphatic carbocycles. The molecule has 1 amide bonds. The van der Waals surface area contributed by atoms with Crippen LogP contribution in [0.15, 0.2) is 43.0 Å². The summed E-state index contributed by atoms with van der Waals surface area (Å²) in [5.41, 5.74) is 2.94. The van der Waals surface area contributed by atoms with Gasteiger partial charge in [-0.2, -0.15) is 5.10 Å². The molecule has 0 atom stereocenters. The first-order valence-corrected chi connectivity index (χ1v) is 9.41. The van der Waals surface area contributed by atoms with Gasteiger partial charge in [-0.1, -0.05) is 18.2 Å². The number of fused-ring (bicyclic) bond motifs is 2. The number of para-hydroxylation sites is 1. The molecule has 8 heteroatoms. The van der Waals surface area contributed by atoms with Crippen molar-refractivity contribution < 1.29 is 4.79 Å². The number of aromatic nitrogens is 5. The highest BCUT2D eigenvalue weighted by Gasteiger charge is 2.24. The maximum absolute atomic E-state index is 12.8. The van der Waals surface area contributed by atoms with Gasteiger partial charge in [0.1, 0.15) is 12.1 Å². The van der Waals surface area contributed by atoms with Gasteiger partial charge >= 0.3 is 0 Å². The Hall–Kier alpha value is -3.42. The lowest BCUT2D eigenvalue weighted by molar-refractivity contribution is -0.130. The van der Waals surface area contributed by atoms with Crippen LogP contribution in [0.1, 0.15) is 5.56 Å². The van der Waals surface area contributed by atoms with Crippen LogP contribution in [-0.2, 0) is 18.3 Å². The van der Waals surface area contributed by atoms with E-state index in [9.17, 15) is 4.79 Å². The van der Waals surface area contributed by atoms with E-state index in [0.29, 0.717) is 19.5 Å². The molecule has 0 unspecified atom stereocenters. The summed E-state index contributed by atoms with van der Waals surface area (Å²) in [6.45, 7) is 2.88. The number of H-pyrrole nitrogens is 1. The van der Waals surface area contributed by atoms with E-state index >= 15 is 0 Å². The Morgan fingerprint density at radius 3 is 2.79 bits per heavy atom. The fourth-order valence-electron chi connectivity index (χ4n) is 3.92. The molecule has 0 bridgehead atoms. The minimum atomic E-state index is 0.165. The summed E-state index contributed by atoms with van der Waals surface area (Å²) in [5.74, 6) is 1.06. The van der Waals surface area contributed by atoms with E-state index in [1.54, 1.807) is 17.2 Å². The van der Waals surface area contributed by atoms with Crippen molar-refractivity contribution in [2.24, 2.45) is 7.05 Å². The summed E-state index contributed by atoms with van der Waals surface area (Å²) >= 11 is 0. The Morgan fingerprint density at radius 2 is 1.93 bits per heavy atom. The summed E-state index contributed by atoms with van der Waals surface area (Å²) in [5, 5.41) is 6.35. The predicted molar refractivity (Wildman–Crippen MR) is 107 cm³/mol. The van der Waals surface area contributed by atoms with Gasteiger partial charge in [-0.25, -0.2) is 9.97 Å². The first kappa shape index (κ1) is 16.7. The molecule has 3 aromatic heterocycles. The summed E-state index contributed by atoms with van der Waals surface area (Å²) in [7, 11) is 1.88. The molecule has 5 rings (SSSR count). The molecule has 0 saturated carbocycles. The number of carbonyl (C=O) groups is 1. The quantitative estimate of drug-likeness (QED) is 0.590. The zero-order chi connectivity index (χ0) is 19.1. The van der Waals surface area contributed by atoms with Gasteiger partial charge in [0.25, 0.3) is 0 Å². The van der Waals surface area contributed by atoms with Crippen LogP contribution in [-0.4, -0.2) is 61.7 Å². The van der Waals surface area contributed by atoms with E-state index in [2.05, 4.69) is 31.0 Å². The predicted octanol–water partition coefficient (Wildman–Crippen LogP) is 1.74. The van der Waals surface area contributed by atoms with Crippen molar-refractivity contribution in [1.29, 1.82) is 0 Å². The second-order valence-electron chi connectivity index (χ2n) is 7.11. The molecule has 4 aromatic rings. The lowest BCUT2D eigenvalue weighted by Gasteiger charge is -2.35. The van der Waals surface area contributed by atoms with Gasteiger partial charge in [0.2, 0.25) is 5.91 Å². The molecule has 4 heterocycles. The van der Waals surface area contributed by atoms with Gasteiger partial charge in [0, 0.05) is 50.3 Å². The maximum Gasteiger partial charge on any atom is 0.227 e. The molecule has 0 radical (unpaired) electrons. The van der Waals surface area contributed by atoms with Crippen LogP contribution >= 0.6 is 0 Å². The molecule has 1 saturated heterocycles. The number of amides is 1. The molecule has 1 aliphatic heterocycles. The highest BCUT2D eigenvalue weighted by Crippen LogP contribution is 2.24. The molecule has 1 fully saturated rings. The normalized spacial score (nSPS) is 14.9. The third-order valence-electron chi connectivity index (χ3n) is 5.46. The van der Waals surface area contributed by atoms with E-state index in [1.807, 2.05) is 36.3 Å². The van der Waals surface area contributed by atoms with Crippen molar-refractivity contribution in [3.8, 4) is 0 Å². The molecule has 28 heavy (non-hydrogen) atoms. The van der Waals surface area contributed by atoms with Crippen molar-refractivity contribution in [2.75, 3.05) is 31.1 Å². The third kappa shape index (κ3) is 2.77. The zero-order valence-corrected chi connectivity index (χ0v) is 15.7. The molecule has 0 spiro atoms. The van der Waals surface area contributed by atoms with E-state index in [4.69, 9.17) is 0 Å². The molecule has 142 valence electrons. The minimum Gasteiger partial charge on any atom is -0.361 e. The van der Waals surface area contributed by atoms with Crippen LogP contribution in [0, 0.1) is 0 Å². The maximum atomic E-state index is 12.8. The number of rotatable bonds is 3. The number of aryl methyl sites for hydroxylation is 1. The fraction of sp³-hybridized carbons (Fsp3) is 0.300. The van der Waals surface area contributed by atoms with Gasteiger partial charge in [0.15, 0.2) is 5.65 Å². The monoisotopic (exact) mass is 375 g/mol. The van der Waals surface area contributed by atoms with E-state index in [0.717, 1.165) is 46.4 Å². The van der Waals surface area contributed by atoms with Crippen LogP contribution in [0.25, 0.3) is 21.9 Å². The van der Waals surface area contributed by atoms with Crippen molar-refractivity contribution in [2.45, 2.75) is 6.42 Å². The molecule has 1 N–H and O–H groups in total. The molecular formula is C20H21N7O. The summed E-state index contributed by atoms with van der Waals surface area (Å²) < 4.78 is 1.75. The standard InChI is InChI=1S/C20H21N7O/c1-25-19-16(12-24-25)20(23-13-22-19)27-8-6-26(7-9-27)18(28)10-14-11-21-17-5-3-2-4-15(14)17/h2-5,11-13,21H,6-10H2,1H3. The lowest BCUT2D eigenvalue weighted by Crippen LogP contribution is -2.49. The minimum absolute atomic E-state index is 0.165. The van der Waals surface area contributed by atoms with Crippen molar-refractivity contribution >= 4 is 33.7 Å². The number of nitrogens with one attached hydrogen (secondary N) is 1. The molecule has 8 nitrogen and oxygen atoms in total. The van der Waals surface area contributed by atoms with Gasteiger partial charge in [-0.15, -0.1) is 0 Å². The summed E-state index contributed by atoms with van der Waals surface area (Å²) in [6, 6.07) is 8.09. The number of nitrogens with zero attached hydrogens (tertiary/aromatic N) is 6. The van der Waals surface area contributed by atoms with Crippen molar-refractivity contribution in [1.82, 2.24) is 29.6 Å². The second kappa shape index (κ2) is 6.63. The van der Waals surface area contributed by atoms with Gasteiger partial charge < -0.3 is 14.8 Å². The van der Waals surface area contributed by atoms with Crippen molar-refractivity contribution in [3.05, 3.63) is 48.5 Å². The van der Waals surface area contributed by atoms with E-state index in [1.165, 1.54) is 0 Å². The Labute approximate surface area is 161 Å². The number of benzene rings is 1. The Morgan fingerprint density at radius 1 is 1.11 bits per heavy atom. The summed E-state index contributed by atoms with van der Waals surface area (Å²) in [4.78, 5) is 29.0. The third-order valence-corrected chi connectivity index (χ3v) is 5.46. The molecule has 1 aliphatic rings.